The third-order valence-electron chi connectivity index (χ3n) is 1.54. The van der Waals surface area contributed by atoms with Crippen molar-refractivity contribution in [3.05, 3.63) is 22.2 Å². The first-order valence-electron chi connectivity index (χ1n) is 3.79. The van der Waals surface area contributed by atoms with Crippen LogP contribution in [0.2, 0.25) is 0 Å². The summed E-state index contributed by atoms with van der Waals surface area (Å²) in [6.07, 6.45) is -4.89. The lowest BCUT2D eigenvalue weighted by Crippen LogP contribution is -2.18. The second kappa shape index (κ2) is 4.20. The number of rotatable bonds is 2. The Kier molecular flexibility index (Phi) is 3.32. The lowest BCUT2D eigenvalue weighted by Gasteiger charge is -2.13. The van der Waals surface area contributed by atoms with E-state index >= 15 is 0 Å². The van der Waals surface area contributed by atoms with Gasteiger partial charge in [-0.05, 0) is 28.1 Å². The van der Waals surface area contributed by atoms with Gasteiger partial charge in [0.15, 0.2) is 5.75 Å². The van der Waals surface area contributed by atoms with E-state index in [0.29, 0.717) is 0 Å². The minimum Gasteiger partial charge on any atom is -0.478 e. The predicted octanol–water partition coefficient (Wildman–Crippen LogP) is 2.63. The van der Waals surface area contributed by atoms with Gasteiger partial charge in [0.2, 0.25) is 0 Å². The molecular formula is C8H5BrF3NO3. The lowest BCUT2D eigenvalue weighted by molar-refractivity contribution is -0.274. The van der Waals surface area contributed by atoms with E-state index in [-0.39, 0.29) is 10.0 Å². The maximum Gasteiger partial charge on any atom is 0.573 e. The smallest absolute Gasteiger partial charge is 0.478 e. The summed E-state index contributed by atoms with van der Waals surface area (Å²) >= 11 is 2.75. The van der Waals surface area contributed by atoms with Crippen LogP contribution < -0.4 is 10.5 Å². The maximum atomic E-state index is 11.9. The summed E-state index contributed by atoms with van der Waals surface area (Å²) in [5, 5.41) is 8.62. The fourth-order valence-electron chi connectivity index (χ4n) is 0.962. The van der Waals surface area contributed by atoms with E-state index in [1.165, 1.54) is 0 Å². The molecule has 0 atom stereocenters. The molecule has 8 heteroatoms. The second-order valence-corrected chi connectivity index (χ2v) is 3.58. The Morgan fingerprint density at radius 3 is 2.38 bits per heavy atom. The van der Waals surface area contributed by atoms with Crippen LogP contribution in [0.15, 0.2) is 16.6 Å². The first-order chi connectivity index (χ1) is 7.20. The number of alkyl halides is 3. The third-order valence-corrected chi connectivity index (χ3v) is 2.13. The first-order valence-corrected chi connectivity index (χ1v) is 4.58. The van der Waals surface area contributed by atoms with Gasteiger partial charge >= 0.3 is 12.3 Å². The van der Waals surface area contributed by atoms with Crippen molar-refractivity contribution >= 4 is 27.6 Å². The average molecular weight is 300 g/mol. The van der Waals surface area contributed by atoms with Crippen LogP contribution in [0.25, 0.3) is 0 Å². The van der Waals surface area contributed by atoms with Gasteiger partial charge in [-0.1, -0.05) is 0 Å². The highest BCUT2D eigenvalue weighted by Gasteiger charge is 2.33. The minimum atomic E-state index is -4.89. The SMILES string of the molecule is Nc1cc(C(=O)O)cc(Br)c1OC(F)(F)F. The molecule has 3 N–H and O–H groups in total. The number of benzene rings is 1. The Bertz CT molecular complexity index is 410. The molecule has 0 saturated carbocycles. The van der Waals surface area contributed by atoms with Crippen molar-refractivity contribution in [2.45, 2.75) is 6.36 Å². The number of ether oxygens (including phenoxy) is 1. The first kappa shape index (κ1) is 12.6. The van der Waals surface area contributed by atoms with Crippen molar-refractivity contribution in [3.63, 3.8) is 0 Å². The van der Waals surface area contributed by atoms with Gasteiger partial charge in [-0.2, -0.15) is 0 Å². The molecule has 0 amide bonds. The summed E-state index contributed by atoms with van der Waals surface area (Å²) < 4.78 is 39.3. The highest BCUT2D eigenvalue weighted by Crippen LogP contribution is 2.36. The van der Waals surface area contributed by atoms with E-state index in [4.69, 9.17) is 10.8 Å². The molecule has 1 rings (SSSR count). The van der Waals surface area contributed by atoms with Crippen molar-refractivity contribution in [2.24, 2.45) is 0 Å². The van der Waals surface area contributed by atoms with Crippen molar-refractivity contribution in [3.8, 4) is 5.75 Å². The number of carboxylic acid groups (broad SMARTS) is 1. The van der Waals surface area contributed by atoms with Gasteiger partial charge in [-0.15, -0.1) is 13.2 Å². The summed E-state index contributed by atoms with van der Waals surface area (Å²) in [5.41, 5.74) is 4.60. The standard InChI is InChI=1S/C8H5BrF3NO3/c9-4-1-3(7(14)15)2-5(13)6(4)16-8(10,11)12/h1-2H,13H2,(H,14,15). The van der Waals surface area contributed by atoms with E-state index in [9.17, 15) is 18.0 Å². The quantitative estimate of drug-likeness (QED) is 0.824. The van der Waals surface area contributed by atoms with Crippen LogP contribution >= 0.6 is 15.9 Å². The largest absolute Gasteiger partial charge is 0.573 e. The van der Waals surface area contributed by atoms with E-state index in [1.54, 1.807) is 0 Å². The zero-order valence-electron chi connectivity index (χ0n) is 7.51. The van der Waals surface area contributed by atoms with E-state index in [1.807, 2.05) is 0 Å². The number of carboxylic acids is 1. The topological polar surface area (TPSA) is 72.6 Å². The molecule has 0 aliphatic rings. The number of aromatic carboxylic acids is 1. The molecule has 88 valence electrons. The van der Waals surface area contributed by atoms with Gasteiger partial charge in [-0.25, -0.2) is 4.79 Å². The van der Waals surface area contributed by atoms with Crippen molar-refractivity contribution in [1.82, 2.24) is 0 Å². The summed E-state index contributed by atoms with van der Waals surface area (Å²) in [5.74, 6) is -1.96. The molecule has 1 aromatic carbocycles. The Morgan fingerprint density at radius 1 is 1.44 bits per heavy atom. The molecule has 4 nitrogen and oxygen atoms in total. The molecule has 16 heavy (non-hydrogen) atoms. The highest BCUT2D eigenvalue weighted by molar-refractivity contribution is 9.10. The number of nitrogens with two attached hydrogens (primary N) is 1. The molecule has 0 spiro atoms. The van der Waals surface area contributed by atoms with Crippen molar-refractivity contribution in [2.75, 3.05) is 5.73 Å². The molecule has 0 aliphatic carbocycles. The summed E-state index contributed by atoms with van der Waals surface area (Å²) in [6.45, 7) is 0. The fraction of sp³-hybridized carbons (Fsp3) is 0.125. The van der Waals surface area contributed by atoms with Crippen LogP contribution in [-0.4, -0.2) is 17.4 Å². The number of hydrogen-bond acceptors (Lipinski definition) is 3. The van der Waals surface area contributed by atoms with Crippen LogP contribution in [0.1, 0.15) is 10.4 Å². The second-order valence-electron chi connectivity index (χ2n) is 2.73. The van der Waals surface area contributed by atoms with E-state index in [0.717, 1.165) is 12.1 Å². The number of carbonyl (C=O) groups is 1. The van der Waals surface area contributed by atoms with Crippen LogP contribution in [0.5, 0.6) is 5.75 Å². The number of hydrogen-bond donors (Lipinski definition) is 2. The molecule has 0 bridgehead atoms. The number of anilines is 1. The van der Waals surface area contributed by atoms with Crippen molar-refractivity contribution in [1.29, 1.82) is 0 Å². The molecule has 0 heterocycles. The molecule has 0 radical (unpaired) electrons. The molecule has 0 aliphatic heterocycles. The molecule has 0 unspecified atom stereocenters. The van der Waals surface area contributed by atoms with Crippen LogP contribution in [-0.2, 0) is 0 Å². The minimum absolute atomic E-state index is 0.178. The van der Waals surface area contributed by atoms with Gasteiger partial charge in [0, 0.05) is 0 Å². The average Bonchev–Trinajstić information content (AvgIpc) is 2.09. The van der Waals surface area contributed by atoms with Gasteiger partial charge in [-0.3, -0.25) is 0 Å². The third kappa shape index (κ3) is 3.02. The molecule has 0 saturated heterocycles. The Hall–Kier alpha value is -1.44. The van der Waals surface area contributed by atoms with Crippen molar-refractivity contribution < 1.29 is 27.8 Å². The van der Waals surface area contributed by atoms with Gasteiger partial charge in [0.25, 0.3) is 0 Å². The summed E-state index contributed by atoms with van der Waals surface area (Å²) in [7, 11) is 0. The Morgan fingerprint density at radius 2 is 2.00 bits per heavy atom. The maximum absolute atomic E-state index is 11.9. The normalized spacial score (nSPS) is 11.2. The van der Waals surface area contributed by atoms with Crippen LogP contribution in [0.4, 0.5) is 18.9 Å². The number of halogens is 4. The molecule has 1 aromatic rings. The monoisotopic (exact) mass is 299 g/mol. The lowest BCUT2D eigenvalue weighted by atomic mass is 10.2. The van der Waals surface area contributed by atoms with Gasteiger partial charge in [0.1, 0.15) is 0 Å². The van der Waals surface area contributed by atoms with E-state index in [2.05, 4.69) is 20.7 Å². The van der Waals surface area contributed by atoms with E-state index < -0.39 is 23.8 Å². The summed E-state index contributed by atoms with van der Waals surface area (Å²) in [4.78, 5) is 10.6. The molecule has 0 fully saturated rings. The fourth-order valence-corrected chi connectivity index (χ4v) is 1.52. The van der Waals surface area contributed by atoms with Crippen LogP contribution in [0, 0.1) is 0 Å². The Labute approximate surface area is 95.9 Å². The number of nitrogen functional groups attached to an aromatic ring is 1. The predicted molar refractivity (Wildman–Crippen MR) is 52.2 cm³/mol. The van der Waals surface area contributed by atoms with Gasteiger partial charge in [0.05, 0.1) is 15.7 Å². The summed E-state index contributed by atoms with van der Waals surface area (Å²) in [6, 6.07) is 1.86. The Balaban J connectivity index is 3.18. The molecular weight excluding hydrogens is 295 g/mol. The highest BCUT2D eigenvalue weighted by atomic mass is 79.9. The zero-order chi connectivity index (χ0) is 12.5. The van der Waals surface area contributed by atoms with Gasteiger partial charge < -0.3 is 15.6 Å². The van der Waals surface area contributed by atoms with Crippen LogP contribution in [0.3, 0.4) is 0 Å². The zero-order valence-corrected chi connectivity index (χ0v) is 9.09. The molecule has 0 aromatic heterocycles.